The van der Waals surface area contributed by atoms with Gasteiger partial charge in [-0.3, -0.25) is 4.79 Å². The average molecular weight is 393 g/mol. The maximum atomic E-state index is 12.5. The zero-order chi connectivity index (χ0) is 20.6. The number of carbonyl (C=O) groups excluding carboxylic acids is 2. The predicted octanol–water partition coefficient (Wildman–Crippen LogP) is 4.30. The Morgan fingerprint density at radius 3 is 2.39 bits per heavy atom. The maximum Gasteiger partial charge on any atom is 0.416 e. The van der Waals surface area contributed by atoms with Gasteiger partial charge < -0.3 is 14.8 Å². The van der Waals surface area contributed by atoms with E-state index in [1.54, 1.807) is 24.3 Å². The molecular formula is C20H18F3NO4. The molecule has 0 aliphatic carbocycles. The van der Waals surface area contributed by atoms with E-state index >= 15 is 0 Å². The van der Waals surface area contributed by atoms with E-state index in [9.17, 15) is 22.8 Å². The zero-order valence-electron chi connectivity index (χ0n) is 15.0. The van der Waals surface area contributed by atoms with Crippen LogP contribution in [0.25, 0.3) is 6.08 Å². The quantitative estimate of drug-likeness (QED) is 0.563. The Morgan fingerprint density at radius 1 is 1.07 bits per heavy atom. The second kappa shape index (κ2) is 9.59. The summed E-state index contributed by atoms with van der Waals surface area (Å²) in [6.07, 6.45) is -2.09. The Bertz CT molecular complexity index is 845. The third-order valence-corrected chi connectivity index (χ3v) is 3.46. The van der Waals surface area contributed by atoms with Crippen molar-refractivity contribution in [3.05, 3.63) is 65.7 Å². The summed E-state index contributed by atoms with van der Waals surface area (Å²) in [6.45, 7) is 1.72. The number of ether oxygens (including phenoxy) is 2. The van der Waals surface area contributed by atoms with Gasteiger partial charge in [-0.1, -0.05) is 24.3 Å². The average Bonchev–Trinajstić information content (AvgIpc) is 2.66. The minimum Gasteiger partial charge on any atom is -0.492 e. The molecule has 2 aromatic carbocycles. The number of amides is 1. The van der Waals surface area contributed by atoms with Gasteiger partial charge in [0, 0.05) is 6.08 Å². The molecule has 2 rings (SSSR count). The Hall–Kier alpha value is -3.29. The number of rotatable bonds is 7. The Balaban J connectivity index is 1.85. The van der Waals surface area contributed by atoms with E-state index in [0.29, 0.717) is 23.6 Å². The molecule has 0 atom stereocenters. The minimum absolute atomic E-state index is 0.389. The number of halogens is 3. The molecule has 0 aromatic heterocycles. The molecule has 0 saturated carbocycles. The van der Waals surface area contributed by atoms with Crippen molar-refractivity contribution in [2.24, 2.45) is 0 Å². The molecule has 0 unspecified atom stereocenters. The lowest BCUT2D eigenvalue weighted by Gasteiger charge is -2.11. The molecule has 8 heteroatoms. The first kappa shape index (κ1) is 21.0. The highest BCUT2D eigenvalue weighted by Gasteiger charge is 2.29. The van der Waals surface area contributed by atoms with Crippen molar-refractivity contribution in [2.45, 2.75) is 13.1 Å². The molecule has 1 amide bonds. The SMILES string of the molecule is CCOc1ccccc1NC(=O)COC(=O)/C=C/c1ccc(C(F)(F)F)cc1. The van der Waals surface area contributed by atoms with Crippen LogP contribution in [-0.4, -0.2) is 25.1 Å². The Labute approximate surface area is 159 Å². The second-order valence-corrected chi connectivity index (χ2v) is 5.54. The highest BCUT2D eigenvalue weighted by Crippen LogP contribution is 2.29. The van der Waals surface area contributed by atoms with Crippen molar-refractivity contribution in [3.63, 3.8) is 0 Å². The van der Waals surface area contributed by atoms with Crippen molar-refractivity contribution in [1.82, 2.24) is 0 Å². The number of carbonyl (C=O) groups is 2. The lowest BCUT2D eigenvalue weighted by atomic mass is 10.1. The highest BCUT2D eigenvalue weighted by atomic mass is 19.4. The molecule has 0 bridgehead atoms. The Morgan fingerprint density at radius 2 is 1.75 bits per heavy atom. The van der Waals surface area contributed by atoms with Gasteiger partial charge in [0.15, 0.2) is 6.61 Å². The number of alkyl halides is 3. The van der Waals surface area contributed by atoms with Gasteiger partial charge >= 0.3 is 12.1 Å². The molecule has 0 fully saturated rings. The van der Waals surface area contributed by atoms with Gasteiger partial charge in [0.2, 0.25) is 0 Å². The fraction of sp³-hybridized carbons (Fsp3) is 0.200. The fourth-order valence-corrected chi connectivity index (χ4v) is 2.17. The predicted molar refractivity (Wildman–Crippen MR) is 97.7 cm³/mol. The molecule has 28 heavy (non-hydrogen) atoms. The number of benzene rings is 2. The van der Waals surface area contributed by atoms with Crippen molar-refractivity contribution >= 4 is 23.6 Å². The zero-order valence-corrected chi connectivity index (χ0v) is 15.0. The summed E-state index contributed by atoms with van der Waals surface area (Å²) in [4.78, 5) is 23.6. The number of hydrogen-bond donors (Lipinski definition) is 1. The third kappa shape index (κ3) is 6.46. The van der Waals surface area contributed by atoms with Crippen LogP contribution in [0.15, 0.2) is 54.6 Å². The summed E-state index contributed by atoms with van der Waals surface area (Å²) in [5.41, 5.74) is 0.0574. The molecule has 1 N–H and O–H groups in total. The lowest BCUT2D eigenvalue weighted by molar-refractivity contribution is -0.142. The first-order chi connectivity index (χ1) is 13.3. The molecule has 0 saturated heterocycles. The monoisotopic (exact) mass is 393 g/mol. The van der Waals surface area contributed by atoms with Crippen LogP contribution in [0, 0.1) is 0 Å². The summed E-state index contributed by atoms with van der Waals surface area (Å²) in [6, 6.07) is 11.1. The molecule has 2 aromatic rings. The van der Waals surface area contributed by atoms with E-state index in [1.807, 2.05) is 6.92 Å². The van der Waals surface area contributed by atoms with Crippen LogP contribution in [0.5, 0.6) is 5.75 Å². The molecule has 0 radical (unpaired) electrons. The van der Waals surface area contributed by atoms with Gasteiger partial charge in [-0.05, 0) is 42.8 Å². The van der Waals surface area contributed by atoms with E-state index in [4.69, 9.17) is 9.47 Å². The highest BCUT2D eigenvalue weighted by molar-refractivity contribution is 5.95. The molecule has 0 spiro atoms. The van der Waals surface area contributed by atoms with Crippen LogP contribution < -0.4 is 10.1 Å². The minimum atomic E-state index is -4.42. The number of para-hydroxylation sites is 2. The van der Waals surface area contributed by atoms with E-state index < -0.39 is 30.2 Å². The number of nitrogens with one attached hydrogen (secondary N) is 1. The Kier molecular flexibility index (Phi) is 7.20. The standard InChI is InChI=1S/C20H18F3NO4/c1-2-27-17-6-4-3-5-16(17)24-18(25)13-28-19(26)12-9-14-7-10-15(11-8-14)20(21,22)23/h3-12H,2,13H2,1H3,(H,24,25)/b12-9+. The number of hydrogen-bond acceptors (Lipinski definition) is 4. The van der Waals surface area contributed by atoms with Gasteiger partial charge in [-0.25, -0.2) is 4.79 Å². The van der Waals surface area contributed by atoms with Crippen LogP contribution in [0.2, 0.25) is 0 Å². The number of esters is 1. The molecular weight excluding hydrogens is 375 g/mol. The lowest BCUT2D eigenvalue weighted by Crippen LogP contribution is -2.20. The summed E-state index contributed by atoms with van der Waals surface area (Å²) >= 11 is 0. The van der Waals surface area contributed by atoms with E-state index in [1.165, 1.54) is 18.2 Å². The number of anilines is 1. The van der Waals surface area contributed by atoms with Crippen LogP contribution >= 0.6 is 0 Å². The summed E-state index contributed by atoms with van der Waals surface area (Å²) in [5, 5.41) is 2.57. The molecule has 0 aliphatic rings. The van der Waals surface area contributed by atoms with Crippen LogP contribution in [0.3, 0.4) is 0 Å². The van der Waals surface area contributed by atoms with Gasteiger partial charge in [-0.15, -0.1) is 0 Å². The molecule has 0 heterocycles. The van der Waals surface area contributed by atoms with Gasteiger partial charge in [0.25, 0.3) is 5.91 Å². The topological polar surface area (TPSA) is 64.6 Å². The normalized spacial score (nSPS) is 11.3. The van der Waals surface area contributed by atoms with E-state index in [2.05, 4.69) is 5.32 Å². The van der Waals surface area contributed by atoms with Gasteiger partial charge in [-0.2, -0.15) is 13.2 Å². The van der Waals surface area contributed by atoms with Gasteiger partial charge in [0.05, 0.1) is 17.9 Å². The van der Waals surface area contributed by atoms with Crippen molar-refractivity contribution < 1.29 is 32.2 Å². The summed E-state index contributed by atoms with van der Waals surface area (Å²) < 4.78 is 47.7. The van der Waals surface area contributed by atoms with Gasteiger partial charge in [0.1, 0.15) is 5.75 Å². The smallest absolute Gasteiger partial charge is 0.416 e. The molecule has 148 valence electrons. The molecule has 0 aliphatic heterocycles. The summed E-state index contributed by atoms with van der Waals surface area (Å²) in [7, 11) is 0. The fourth-order valence-electron chi connectivity index (χ4n) is 2.17. The summed E-state index contributed by atoms with van der Waals surface area (Å²) in [5.74, 6) is -0.858. The maximum absolute atomic E-state index is 12.5. The van der Waals surface area contributed by atoms with Crippen molar-refractivity contribution in [3.8, 4) is 5.75 Å². The van der Waals surface area contributed by atoms with Crippen LogP contribution in [-0.2, 0) is 20.5 Å². The second-order valence-electron chi connectivity index (χ2n) is 5.54. The van der Waals surface area contributed by atoms with Crippen molar-refractivity contribution in [2.75, 3.05) is 18.5 Å². The third-order valence-electron chi connectivity index (χ3n) is 3.46. The van der Waals surface area contributed by atoms with E-state index in [-0.39, 0.29) is 0 Å². The van der Waals surface area contributed by atoms with Crippen molar-refractivity contribution in [1.29, 1.82) is 0 Å². The first-order valence-electron chi connectivity index (χ1n) is 8.33. The van der Waals surface area contributed by atoms with E-state index in [0.717, 1.165) is 18.2 Å². The first-order valence-corrected chi connectivity index (χ1v) is 8.33. The van der Waals surface area contributed by atoms with Crippen LogP contribution in [0.1, 0.15) is 18.1 Å². The van der Waals surface area contributed by atoms with Crippen LogP contribution in [0.4, 0.5) is 18.9 Å². The molecule has 5 nitrogen and oxygen atoms in total. The largest absolute Gasteiger partial charge is 0.492 e.